The molecule has 2 N–H and O–H groups in total. The molecule has 1 amide bonds. The summed E-state index contributed by atoms with van der Waals surface area (Å²) in [5.74, 6) is 0.00599. The van der Waals surface area contributed by atoms with Crippen molar-refractivity contribution in [3.63, 3.8) is 0 Å². The first-order chi connectivity index (χ1) is 10.8. The van der Waals surface area contributed by atoms with E-state index in [-0.39, 0.29) is 11.3 Å². The highest BCUT2D eigenvalue weighted by molar-refractivity contribution is 6.30. The Morgan fingerprint density at radius 2 is 1.91 bits per heavy atom. The van der Waals surface area contributed by atoms with Gasteiger partial charge in [-0.25, -0.2) is 0 Å². The summed E-state index contributed by atoms with van der Waals surface area (Å²) in [7, 11) is 0. The molecule has 0 aliphatic rings. The lowest BCUT2D eigenvalue weighted by molar-refractivity contribution is -0.117. The van der Waals surface area contributed by atoms with Crippen LogP contribution in [0.2, 0.25) is 5.02 Å². The highest BCUT2D eigenvalue weighted by atomic mass is 35.5. The van der Waals surface area contributed by atoms with E-state index in [1.165, 1.54) is 0 Å². The molecule has 0 aliphatic carbocycles. The van der Waals surface area contributed by atoms with E-state index in [0.717, 1.165) is 35.5 Å². The number of hydrogen-bond donors (Lipinski definition) is 2. The zero-order valence-electron chi connectivity index (χ0n) is 14.2. The van der Waals surface area contributed by atoms with Crippen LogP contribution in [-0.2, 0) is 11.2 Å². The molecule has 0 saturated carbocycles. The highest BCUT2D eigenvalue weighted by Crippen LogP contribution is 2.31. The molecule has 1 aromatic carbocycles. The fourth-order valence-electron chi connectivity index (χ4n) is 2.43. The Hall–Kier alpha value is -1.81. The quantitative estimate of drug-likeness (QED) is 0.803. The number of aryl methyl sites for hydroxylation is 1. The molecule has 0 unspecified atom stereocenters. The van der Waals surface area contributed by atoms with Crippen molar-refractivity contribution in [2.75, 3.05) is 5.32 Å². The normalized spacial score (nSPS) is 11.5. The number of aromatic nitrogens is 2. The van der Waals surface area contributed by atoms with E-state index in [0.29, 0.717) is 11.4 Å². The van der Waals surface area contributed by atoms with Crippen LogP contribution in [0.15, 0.2) is 24.3 Å². The van der Waals surface area contributed by atoms with Crippen LogP contribution >= 0.6 is 11.6 Å². The van der Waals surface area contributed by atoms with Crippen LogP contribution in [0, 0.1) is 5.41 Å². The first kappa shape index (κ1) is 17.5. The number of nitrogens with zero attached hydrogens (tertiary/aromatic N) is 1. The summed E-state index contributed by atoms with van der Waals surface area (Å²) in [6.45, 7) is 8.25. The minimum Gasteiger partial charge on any atom is -0.323 e. The molecular formula is C18H24ClN3O. The SMILES string of the molecule is CCCc1[nH]nc(-c2ccc(Cl)cc2)c1NC(=O)CC(C)(C)C. The molecule has 1 heterocycles. The topological polar surface area (TPSA) is 57.8 Å². The molecule has 4 nitrogen and oxygen atoms in total. The fraction of sp³-hybridized carbons (Fsp3) is 0.444. The second-order valence-electron chi connectivity index (χ2n) is 6.97. The molecular weight excluding hydrogens is 310 g/mol. The zero-order chi connectivity index (χ0) is 17.0. The molecule has 23 heavy (non-hydrogen) atoms. The van der Waals surface area contributed by atoms with E-state index < -0.39 is 0 Å². The van der Waals surface area contributed by atoms with E-state index in [2.05, 4.69) is 43.2 Å². The molecule has 2 aromatic rings. The lowest BCUT2D eigenvalue weighted by atomic mass is 9.92. The second-order valence-corrected chi connectivity index (χ2v) is 7.40. The number of aromatic amines is 1. The number of amides is 1. The Labute approximate surface area is 142 Å². The molecule has 0 saturated heterocycles. The van der Waals surface area contributed by atoms with E-state index in [9.17, 15) is 4.79 Å². The van der Waals surface area contributed by atoms with E-state index >= 15 is 0 Å². The summed E-state index contributed by atoms with van der Waals surface area (Å²) in [6, 6.07) is 7.47. The molecule has 124 valence electrons. The maximum absolute atomic E-state index is 12.3. The molecule has 0 atom stereocenters. The predicted molar refractivity (Wildman–Crippen MR) is 95.7 cm³/mol. The number of rotatable bonds is 5. The molecule has 5 heteroatoms. The maximum atomic E-state index is 12.3. The van der Waals surface area contributed by atoms with E-state index in [1.54, 1.807) is 0 Å². The van der Waals surface area contributed by atoms with Crippen molar-refractivity contribution >= 4 is 23.2 Å². The summed E-state index contributed by atoms with van der Waals surface area (Å²) in [5.41, 5.74) is 3.37. The van der Waals surface area contributed by atoms with Gasteiger partial charge >= 0.3 is 0 Å². The first-order valence-electron chi connectivity index (χ1n) is 7.93. The van der Waals surface area contributed by atoms with Crippen LogP contribution in [0.3, 0.4) is 0 Å². The van der Waals surface area contributed by atoms with E-state index in [4.69, 9.17) is 11.6 Å². The minimum atomic E-state index is -0.0564. The summed E-state index contributed by atoms with van der Waals surface area (Å²) >= 11 is 5.95. The standard InChI is InChI=1S/C18H24ClN3O/c1-5-6-14-17(20-15(23)11-18(2,3)4)16(22-21-14)12-7-9-13(19)10-8-12/h7-10H,5-6,11H2,1-4H3,(H,20,23)(H,21,22). The summed E-state index contributed by atoms with van der Waals surface area (Å²) in [5, 5.41) is 11.2. The van der Waals surface area contributed by atoms with Crippen molar-refractivity contribution in [1.29, 1.82) is 0 Å². The Morgan fingerprint density at radius 3 is 2.48 bits per heavy atom. The van der Waals surface area contributed by atoms with Crippen molar-refractivity contribution in [1.82, 2.24) is 10.2 Å². The number of anilines is 1. The van der Waals surface area contributed by atoms with Crippen LogP contribution in [0.1, 0.15) is 46.2 Å². The number of H-pyrrole nitrogens is 1. The number of carbonyl (C=O) groups is 1. The average Bonchev–Trinajstić information content (AvgIpc) is 2.81. The molecule has 0 spiro atoms. The van der Waals surface area contributed by atoms with Crippen LogP contribution in [-0.4, -0.2) is 16.1 Å². The molecule has 2 rings (SSSR count). The third-order valence-electron chi connectivity index (χ3n) is 3.41. The zero-order valence-corrected chi connectivity index (χ0v) is 14.9. The van der Waals surface area contributed by atoms with Gasteiger partial charge in [0.25, 0.3) is 0 Å². The van der Waals surface area contributed by atoms with Crippen molar-refractivity contribution in [2.45, 2.75) is 47.0 Å². The number of hydrogen-bond acceptors (Lipinski definition) is 2. The monoisotopic (exact) mass is 333 g/mol. The Balaban J connectivity index is 2.33. The van der Waals surface area contributed by atoms with Gasteiger partial charge in [0.2, 0.25) is 5.91 Å². The van der Waals surface area contributed by atoms with Gasteiger partial charge in [-0.15, -0.1) is 0 Å². The summed E-state index contributed by atoms with van der Waals surface area (Å²) in [4.78, 5) is 12.3. The number of nitrogens with one attached hydrogen (secondary N) is 2. The van der Waals surface area contributed by atoms with Gasteiger partial charge < -0.3 is 5.32 Å². The van der Waals surface area contributed by atoms with Crippen LogP contribution in [0.4, 0.5) is 5.69 Å². The van der Waals surface area contributed by atoms with Crippen molar-refractivity contribution in [2.24, 2.45) is 5.41 Å². The van der Waals surface area contributed by atoms with Crippen molar-refractivity contribution in [3.8, 4) is 11.3 Å². The van der Waals surface area contributed by atoms with Crippen molar-refractivity contribution in [3.05, 3.63) is 35.0 Å². The first-order valence-corrected chi connectivity index (χ1v) is 8.31. The molecule has 0 aliphatic heterocycles. The fourth-order valence-corrected chi connectivity index (χ4v) is 2.55. The Bertz CT molecular complexity index is 669. The van der Waals surface area contributed by atoms with Gasteiger partial charge in [-0.1, -0.05) is 57.8 Å². The van der Waals surface area contributed by atoms with E-state index in [1.807, 2.05) is 24.3 Å². The van der Waals surface area contributed by atoms with Gasteiger partial charge in [-0.3, -0.25) is 9.89 Å². The van der Waals surface area contributed by atoms with Crippen molar-refractivity contribution < 1.29 is 4.79 Å². The number of carbonyl (C=O) groups excluding carboxylic acids is 1. The number of halogens is 1. The van der Waals surface area contributed by atoms with Gasteiger partial charge in [-0.05, 0) is 24.0 Å². The van der Waals surface area contributed by atoms with Gasteiger partial charge in [0, 0.05) is 17.0 Å². The smallest absolute Gasteiger partial charge is 0.225 e. The Morgan fingerprint density at radius 1 is 1.26 bits per heavy atom. The lowest BCUT2D eigenvalue weighted by Crippen LogP contribution is -2.20. The average molecular weight is 334 g/mol. The molecule has 0 bridgehead atoms. The molecule has 1 aromatic heterocycles. The maximum Gasteiger partial charge on any atom is 0.225 e. The minimum absolute atomic E-state index is 0.00599. The van der Waals surface area contributed by atoms with Gasteiger partial charge in [0.1, 0.15) is 5.69 Å². The largest absolute Gasteiger partial charge is 0.323 e. The second kappa shape index (κ2) is 7.18. The van der Waals surface area contributed by atoms with Gasteiger partial charge in [-0.2, -0.15) is 5.10 Å². The van der Waals surface area contributed by atoms with Crippen LogP contribution in [0.25, 0.3) is 11.3 Å². The van der Waals surface area contributed by atoms with Crippen LogP contribution in [0.5, 0.6) is 0 Å². The summed E-state index contributed by atoms with van der Waals surface area (Å²) in [6.07, 6.45) is 2.28. The highest BCUT2D eigenvalue weighted by Gasteiger charge is 2.20. The third-order valence-corrected chi connectivity index (χ3v) is 3.67. The number of benzene rings is 1. The molecule has 0 radical (unpaired) electrons. The predicted octanol–water partition coefficient (Wildman–Crippen LogP) is 5.06. The van der Waals surface area contributed by atoms with Gasteiger partial charge in [0.15, 0.2) is 0 Å². The van der Waals surface area contributed by atoms with Crippen LogP contribution < -0.4 is 5.32 Å². The molecule has 0 fully saturated rings. The lowest BCUT2D eigenvalue weighted by Gasteiger charge is -2.17. The summed E-state index contributed by atoms with van der Waals surface area (Å²) < 4.78 is 0. The van der Waals surface area contributed by atoms with Gasteiger partial charge in [0.05, 0.1) is 11.4 Å². The third kappa shape index (κ3) is 4.83. The Kier molecular flexibility index (Phi) is 5.47.